The van der Waals surface area contributed by atoms with E-state index in [0.29, 0.717) is 18.0 Å². The van der Waals surface area contributed by atoms with Gasteiger partial charge in [-0.05, 0) is 37.6 Å². The number of amides is 1. The second-order valence-corrected chi connectivity index (χ2v) is 5.33. The zero-order chi connectivity index (χ0) is 14.5. The molecule has 1 amide bonds. The first-order valence-electron chi connectivity index (χ1n) is 6.57. The fourth-order valence-corrected chi connectivity index (χ4v) is 2.04. The molecule has 106 valence electrons. The van der Waals surface area contributed by atoms with Crippen molar-refractivity contribution in [3.63, 3.8) is 0 Å². The highest BCUT2D eigenvalue weighted by atomic mass is 35.5. The largest absolute Gasteiger partial charge is 0.352 e. The number of nitrogens with one attached hydrogen (secondary N) is 1. The summed E-state index contributed by atoms with van der Waals surface area (Å²) in [4.78, 5) is 11.9. The molecule has 0 bridgehead atoms. The quantitative estimate of drug-likeness (QED) is 0.920. The average Bonchev–Trinajstić information content (AvgIpc) is 2.85. The molecule has 1 unspecified atom stereocenters. The lowest BCUT2D eigenvalue weighted by molar-refractivity contribution is -0.122. The van der Waals surface area contributed by atoms with Gasteiger partial charge in [0.25, 0.3) is 0 Å². The lowest BCUT2D eigenvalue weighted by Gasteiger charge is -2.12. The smallest absolute Gasteiger partial charge is 0.222 e. The molecule has 0 aliphatic heterocycles. The van der Waals surface area contributed by atoms with Crippen LogP contribution in [0.25, 0.3) is 0 Å². The van der Waals surface area contributed by atoms with E-state index >= 15 is 0 Å². The SMILES string of the molecule is Cc1ccn(C(C)CC(=O)NCc2ccc(Cl)cc2)n1. The van der Waals surface area contributed by atoms with Gasteiger partial charge in [0.15, 0.2) is 0 Å². The van der Waals surface area contributed by atoms with Crippen molar-refractivity contribution in [2.45, 2.75) is 32.9 Å². The summed E-state index contributed by atoms with van der Waals surface area (Å²) in [6, 6.07) is 9.43. The van der Waals surface area contributed by atoms with Crippen molar-refractivity contribution < 1.29 is 4.79 Å². The highest BCUT2D eigenvalue weighted by Crippen LogP contribution is 2.11. The van der Waals surface area contributed by atoms with E-state index in [0.717, 1.165) is 11.3 Å². The van der Waals surface area contributed by atoms with Crippen molar-refractivity contribution in [1.29, 1.82) is 0 Å². The minimum Gasteiger partial charge on any atom is -0.352 e. The Morgan fingerprint density at radius 2 is 2.05 bits per heavy atom. The van der Waals surface area contributed by atoms with Crippen LogP contribution in [0.3, 0.4) is 0 Å². The van der Waals surface area contributed by atoms with Crippen LogP contribution in [0.15, 0.2) is 36.5 Å². The first kappa shape index (κ1) is 14.6. The molecular formula is C15H18ClN3O. The highest BCUT2D eigenvalue weighted by molar-refractivity contribution is 6.30. The van der Waals surface area contributed by atoms with E-state index < -0.39 is 0 Å². The van der Waals surface area contributed by atoms with E-state index in [-0.39, 0.29) is 11.9 Å². The highest BCUT2D eigenvalue weighted by Gasteiger charge is 2.11. The van der Waals surface area contributed by atoms with E-state index in [9.17, 15) is 4.79 Å². The summed E-state index contributed by atoms with van der Waals surface area (Å²) >= 11 is 5.82. The van der Waals surface area contributed by atoms with Crippen LogP contribution in [-0.4, -0.2) is 15.7 Å². The minimum atomic E-state index is 0.0144. The Morgan fingerprint density at radius 3 is 2.65 bits per heavy atom. The van der Waals surface area contributed by atoms with Gasteiger partial charge in [0, 0.05) is 24.2 Å². The van der Waals surface area contributed by atoms with Crippen molar-refractivity contribution in [2.75, 3.05) is 0 Å². The van der Waals surface area contributed by atoms with Gasteiger partial charge in [0.05, 0.1) is 11.7 Å². The molecule has 1 aromatic heterocycles. The van der Waals surface area contributed by atoms with Crippen LogP contribution >= 0.6 is 11.6 Å². The number of benzene rings is 1. The van der Waals surface area contributed by atoms with E-state index in [2.05, 4.69) is 10.4 Å². The molecule has 2 aromatic rings. The third kappa shape index (κ3) is 4.10. The van der Waals surface area contributed by atoms with Crippen molar-refractivity contribution in [3.05, 3.63) is 52.8 Å². The lowest BCUT2D eigenvalue weighted by Crippen LogP contribution is -2.25. The van der Waals surface area contributed by atoms with Gasteiger partial charge in [-0.1, -0.05) is 23.7 Å². The Balaban J connectivity index is 1.82. The molecule has 0 spiro atoms. The second-order valence-electron chi connectivity index (χ2n) is 4.89. The number of nitrogens with zero attached hydrogens (tertiary/aromatic N) is 2. The van der Waals surface area contributed by atoms with Crippen molar-refractivity contribution in [1.82, 2.24) is 15.1 Å². The zero-order valence-corrected chi connectivity index (χ0v) is 12.4. The number of hydrogen-bond donors (Lipinski definition) is 1. The average molecular weight is 292 g/mol. The van der Waals surface area contributed by atoms with Crippen molar-refractivity contribution in [2.24, 2.45) is 0 Å². The van der Waals surface area contributed by atoms with Crippen LogP contribution in [-0.2, 0) is 11.3 Å². The molecule has 0 saturated heterocycles. The summed E-state index contributed by atoms with van der Waals surface area (Å²) in [6.07, 6.45) is 2.31. The summed E-state index contributed by atoms with van der Waals surface area (Å²) in [5.41, 5.74) is 1.99. The number of halogens is 1. The molecule has 0 aliphatic rings. The number of carbonyl (C=O) groups excluding carboxylic acids is 1. The van der Waals surface area contributed by atoms with Gasteiger partial charge in [-0.15, -0.1) is 0 Å². The Kier molecular flexibility index (Phi) is 4.79. The predicted molar refractivity (Wildman–Crippen MR) is 79.6 cm³/mol. The Hall–Kier alpha value is -1.81. The van der Waals surface area contributed by atoms with Gasteiger partial charge < -0.3 is 5.32 Å². The first-order valence-corrected chi connectivity index (χ1v) is 6.95. The molecule has 0 saturated carbocycles. The third-order valence-corrected chi connectivity index (χ3v) is 3.33. The maximum absolute atomic E-state index is 11.9. The molecule has 0 aliphatic carbocycles. The summed E-state index contributed by atoms with van der Waals surface area (Å²) < 4.78 is 1.82. The Labute approximate surface area is 123 Å². The molecule has 1 N–H and O–H groups in total. The maximum atomic E-state index is 11.9. The van der Waals surface area contributed by atoms with Gasteiger partial charge in [-0.25, -0.2) is 0 Å². The van der Waals surface area contributed by atoms with Crippen LogP contribution in [0.4, 0.5) is 0 Å². The van der Waals surface area contributed by atoms with Gasteiger partial charge in [-0.2, -0.15) is 5.10 Å². The molecule has 4 nitrogen and oxygen atoms in total. The Morgan fingerprint density at radius 1 is 1.35 bits per heavy atom. The molecular weight excluding hydrogens is 274 g/mol. The van der Waals surface area contributed by atoms with E-state index in [1.807, 2.05) is 55.1 Å². The standard InChI is InChI=1S/C15H18ClN3O/c1-11-7-8-19(18-11)12(2)9-15(20)17-10-13-3-5-14(16)6-4-13/h3-8,12H,9-10H2,1-2H3,(H,17,20). The summed E-state index contributed by atoms with van der Waals surface area (Å²) in [5.74, 6) is 0.0144. The van der Waals surface area contributed by atoms with Crippen LogP contribution in [0.2, 0.25) is 5.02 Å². The molecule has 1 atom stereocenters. The summed E-state index contributed by atoms with van der Waals surface area (Å²) in [6.45, 7) is 4.43. The molecule has 1 heterocycles. The van der Waals surface area contributed by atoms with E-state index in [4.69, 9.17) is 11.6 Å². The topological polar surface area (TPSA) is 46.9 Å². The number of carbonyl (C=O) groups is 1. The third-order valence-electron chi connectivity index (χ3n) is 3.08. The molecule has 0 fully saturated rings. The Bertz CT molecular complexity index is 577. The molecule has 2 rings (SSSR count). The van der Waals surface area contributed by atoms with Gasteiger partial charge >= 0.3 is 0 Å². The molecule has 5 heteroatoms. The molecule has 0 radical (unpaired) electrons. The fourth-order valence-electron chi connectivity index (χ4n) is 1.92. The van der Waals surface area contributed by atoms with Crippen LogP contribution < -0.4 is 5.32 Å². The summed E-state index contributed by atoms with van der Waals surface area (Å²) in [5, 5.41) is 7.91. The fraction of sp³-hybridized carbons (Fsp3) is 0.333. The second kappa shape index (κ2) is 6.57. The van der Waals surface area contributed by atoms with Crippen LogP contribution in [0.5, 0.6) is 0 Å². The van der Waals surface area contributed by atoms with Crippen molar-refractivity contribution >= 4 is 17.5 Å². The maximum Gasteiger partial charge on any atom is 0.222 e. The zero-order valence-electron chi connectivity index (χ0n) is 11.6. The van der Waals surface area contributed by atoms with E-state index in [1.54, 1.807) is 0 Å². The molecule has 1 aromatic carbocycles. The van der Waals surface area contributed by atoms with Crippen molar-refractivity contribution in [3.8, 4) is 0 Å². The number of hydrogen-bond acceptors (Lipinski definition) is 2. The monoisotopic (exact) mass is 291 g/mol. The summed E-state index contributed by atoms with van der Waals surface area (Å²) in [7, 11) is 0. The van der Waals surface area contributed by atoms with Gasteiger partial charge in [-0.3, -0.25) is 9.48 Å². The predicted octanol–water partition coefficient (Wildman–Crippen LogP) is 3.11. The number of aryl methyl sites for hydroxylation is 1. The molecule has 20 heavy (non-hydrogen) atoms. The van der Waals surface area contributed by atoms with Gasteiger partial charge in [0.1, 0.15) is 0 Å². The van der Waals surface area contributed by atoms with Crippen LogP contribution in [0, 0.1) is 6.92 Å². The number of rotatable bonds is 5. The minimum absolute atomic E-state index is 0.0144. The van der Waals surface area contributed by atoms with Crippen LogP contribution in [0.1, 0.15) is 30.6 Å². The van der Waals surface area contributed by atoms with Gasteiger partial charge in [0.2, 0.25) is 5.91 Å². The lowest BCUT2D eigenvalue weighted by atomic mass is 10.2. The number of aromatic nitrogens is 2. The normalized spacial score (nSPS) is 12.2. The first-order chi connectivity index (χ1) is 9.54. The van der Waals surface area contributed by atoms with E-state index in [1.165, 1.54) is 0 Å².